The van der Waals surface area contributed by atoms with Crippen molar-refractivity contribution in [3.8, 4) is 0 Å². The summed E-state index contributed by atoms with van der Waals surface area (Å²) in [6, 6.07) is 14.6. The number of carboxylic acids is 2. The maximum Gasteiger partial charge on any atom is 0.490 e. The van der Waals surface area contributed by atoms with Gasteiger partial charge in [0.25, 0.3) is 0 Å². The topological polar surface area (TPSA) is 190 Å². The predicted octanol–water partition coefficient (Wildman–Crippen LogP) is 6.53. The number of nitrogens with one attached hydrogen (secondary N) is 2. The van der Waals surface area contributed by atoms with Crippen LogP contribution in [0, 0.1) is 12.8 Å². The number of hydrogen-bond acceptors (Lipinski definition) is 9. The second-order valence-corrected chi connectivity index (χ2v) is 13.0. The van der Waals surface area contributed by atoms with Gasteiger partial charge >= 0.3 is 23.7 Å². The highest BCUT2D eigenvalue weighted by molar-refractivity contribution is 5.96. The van der Waals surface area contributed by atoms with Gasteiger partial charge in [0.05, 0.1) is 29.2 Å². The summed E-state index contributed by atoms with van der Waals surface area (Å²) in [5.41, 5.74) is 2.95. The molecule has 2 aromatic carbocycles. The number of rotatable bonds is 13. The van der Waals surface area contributed by atoms with Gasteiger partial charge in [-0.3, -0.25) is 14.6 Å². The molecule has 0 radical (unpaired) electrons. The summed E-state index contributed by atoms with van der Waals surface area (Å²) in [4.78, 5) is 50.7. The molecule has 3 heterocycles. The number of hydrogen-bond donors (Lipinski definition) is 4. The number of carbonyl (C=O) groups excluding carboxylic acids is 1. The molecule has 53 heavy (non-hydrogen) atoms. The number of amides is 1. The number of aromatic nitrogens is 4. The van der Waals surface area contributed by atoms with E-state index in [4.69, 9.17) is 14.3 Å². The van der Waals surface area contributed by atoms with Crippen LogP contribution in [-0.2, 0) is 32.9 Å². The minimum absolute atomic E-state index is 0.107. The SMILES string of the molecule is CCCC[C@@H](C(=O)Nc1ccc2c(C)c(CC(=O)O)c(=O)oc2c1)n1cc([C@@](C)(NCc2ccc3ncccc3c2)C(C)C)nn1.O=C(O)C(F)(F)F. The number of unbranched alkanes of at least 4 members (excludes halogenated alkanes) is 1. The van der Waals surface area contributed by atoms with Crippen LogP contribution in [0.1, 0.15) is 75.4 Å². The molecule has 0 spiro atoms. The Kier molecular flexibility index (Phi) is 12.7. The first kappa shape index (κ1) is 40.1. The highest BCUT2D eigenvalue weighted by Crippen LogP contribution is 2.30. The predicted molar refractivity (Wildman–Crippen MR) is 190 cm³/mol. The minimum atomic E-state index is -5.08. The van der Waals surface area contributed by atoms with E-state index in [2.05, 4.69) is 65.8 Å². The second-order valence-electron chi connectivity index (χ2n) is 13.0. The van der Waals surface area contributed by atoms with Crippen molar-refractivity contribution in [3.63, 3.8) is 0 Å². The smallest absolute Gasteiger partial charge is 0.481 e. The van der Waals surface area contributed by atoms with E-state index >= 15 is 0 Å². The minimum Gasteiger partial charge on any atom is -0.481 e. The fourth-order valence-electron chi connectivity index (χ4n) is 5.61. The number of carboxylic acid groups (broad SMARTS) is 2. The molecule has 5 aromatic rings. The molecule has 0 saturated heterocycles. The molecular formula is C37H41F3N6O7. The Morgan fingerprint density at radius 3 is 2.42 bits per heavy atom. The molecule has 3 aromatic heterocycles. The van der Waals surface area contributed by atoms with Gasteiger partial charge in [-0.2, -0.15) is 13.2 Å². The second kappa shape index (κ2) is 16.8. The Labute approximate surface area is 302 Å². The number of nitrogens with zero attached hydrogens (tertiary/aromatic N) is 4. The summed E-state index contributed by atoms with van der Waals surface area (Å²) in [5, 5.41) is 33.6. The molecule has 1 amide bonds. The van der Waals surface area contributed by atoms with Crippen LogP contribution in [0.3, 0.4) is 0 Å². The Morgan fingerprint density at radius 1 is 1.06 bits per heavy atom. The first-order chi connectivity index (χ1) is 24.9. The highest BCUT2D eigenvalue weighted by Gasteiger charge is 2.38. The zero-order valence-corrected chi connectivity index (χ0v) is 29.8. The molecule has 0 aliphatic rings. The number of aliphatic carboxylic acids is 2. The first-order valence-electron chi connectivity index (χ1n) is 16.8. The van der Waals surface area contributed by atoms with E-state index in [9.17, 15) is 32.7 Å². The molecule has 0 fully saturated rings. The number of alkyl halides is 3. The van der Waals surface area contributed by atoms with Gasteiger partial charge < -0.3 is 25.3 Å². The Balaban J connectivity index is 0.000000815. The van der Waals surface area contributed by atoms with Gasteiger partial charge in [0.1, 0.15) is 17.3 Å². The van der Waals surface area contributed by atoms with Crippen molar-refractivity contribution in [2.45, 2.75) is 84.6 Å². The Morgan fingerprint density at radius 2 is 1.77 bits per heavy atom. The van der Waals surface area contributed by atoms with Crippen LogP contribution in [0.4, 0.5) is 18.9 Å². The van der Waals surface area contributed by atoms with E-state index in [1.54, 1.807) is 36.0 Å². The van der Waals surface area contributed by atoms with Gasteiger partial charge in [-0.25, -0.2) is 14.3 Å². The lowest BCUT2D eigenvalue weighted by atomic mass is 9.85. The van der Waals surface area contributed by atoms with Gasteiger partial charge in [-0.1, -0.05) is 51.0 Å². The summed E-state index contributed by atoms with van der Waals surface area (Å²) >= 11 is 0. The van der Waals surface area contributed by atoms with Gasteiger partial charge in [0, 0.05) is 35.3 Å². The van der Waals surface area contributed by atoms with Gasteiger partial charge in [-0.15, -0.1) is 5.10 Å². The van der Waals surface area contributed by atoms with Gasteiger partial charge in [0.2, 0.25) is 5.91 Å². The van der Waals surface area contributed by atoms with Crippen LogP contribution in [0.25, 0.3) is 21.9 Å². The zero-order chi connectivity index (χ0) is 39.1. The summed E-state index contributed by atoms with van der Waals surface area (Å²) < 4.78 is 38.8. The third-order valence-corrected chi connectivity index (χ3v) is 9.10. The molecule has 5 rings (SSSR count). The van der Waals surface area contributed by atoms with Gasteiger partial charge in [-0.05, 0) is 67.6 Å². The van der Waals surface area contributed by atoms with Crippen LogP contribution in [0.5, 0.6) is 0 Å². The average molecular weight is 739 g/mol. The van der Waals surface area contributed by atoms with Crippen LogP contribution >= 0.6 is 0 Å². The third-order valence-electron chi connectivity index (χ3n) is 9.10. The van der Waals surface area contributed by atoms with E-state index < -0.39 is 41.7 Å². The van der Waals surface area contributed by atoms with Crippen molar-refractivity contribution < 1.29 is 42.2 Å². The lowest BCUT2D eigenvalue weighted by Crippen LogP contribution is -2.44. The maximum absolute atomic E-state index is 13.7. The molecule has 4 N–H and O–H groups in total. The van der Waals surface area contributed by atoms with Gasteiger partial charge in [0.15, 0.2) is 0 Å². The molecule has 0 aliphatic heterocycles. The van der Waals surface area contributed by atoms with E-state index in [-0.39, 0.29) is 23.0 Å². The fourth-order valence-corrected chi connectivity index (χ4v) is 5.61. The number of benzene rings is 2. The van der Waals surface area contributed by atoms with Crippen molar-refractivity contribution in [3.05, 3.63) is 93.7 Å². The molecule has 0 bridgehead atoms. The molecule has 282 valence electrons. The highest BCUT2D eigenvalue weighted by atomic mass is 19.4. The number of pyridine rings is 1. The molecule has 2 atom stereocenters. The largest absolute Gasteiger partial charge is 0.490 e. The molecule has 0 saturated carbocycles. The molecule has 0 aliphatic carbocycles. The molecular weight excluding hydrogens is 697 g/mol. The van der Waals surface area contributed by atoms with E-state index in [0.717, 1.165) is 35.0 Å². The lowest BCUT2D eigenvalue weighted by Gasteiger charge is -2.33. The van der Waals surface area contributed by atoms with Crippen molar-refractivity contribution >= 4 is 45.4 Å². The van der Waals surface area contributed by atoms with Crippen LogP contribution in [0.15, 0.2) is 70.1 Å². The molecule has 0 unspecified atom stereocenters. The summed E-state index contributed by atoms with van der Waals surface area (Å²) in [5.74, 6) is -3.98. The summed E-state index contributed by atoms with van der Waals surface area (Å²) in [6.45, 7) is 10.7. The van der Waals surface area contributed by atoms with Crippen molar-refractivity contribution in [1.29, 1.82) is 0 Å². The fraction of sp³-hybridized carbons (Fsp3) is 0.378. The average Bonchev–Trinajstić information content (AvgIpc) is 3.59. The van der Waals surface area contributed by atoms with Crippen molar-refractivity contribution in [2.24, 2.45) is 5.92 Å². The van der Waals surface area contributed by atoms with Crippen LogP contribution < -0.4 is 16.3 Å². The normalized spacial score (nSPS) is 13.3. The number of fused-ring (bicyclic) bond motifs is 2. The van der Waals surface area contributed by atoms with E-state index in [1.807, 2.05) is 24.4 Å². The van der Waals surface area contributed by atoms with E-state index in [0.29, 0.717) is 29.6 Å². The lowest BCUT2D eigenvalue weighted by molar-refractivity contribution is -0.192. The van der Waals surface area contributed by atoms with Crippen LogP contribution in [-0.4, -0.2) is 54.2 Å². The van der Waals surface area contributed by atoms with Crippen molar-refractivity contribution in [2.75, 3.05) is 5.32 Å². The molecule has 16 heteroatoms. The number of anilines is 1. The molecule has 13 nitrogen and oxygen atoms in total. The first-order valence-corrected chi connectivity index (χ1v) is 16.8. The zero-order valence-electron chi connectivity index (χ0n) is 29.8. The summed E-state index contributed by atoms with van der Waals surface area (Å²) in [7, 11) is 0. The standard InChI is InChI=1S/C35H40N6O5.C2HF3O2/c1-6-7-10-29(33(44)38-25-12-13-26-22(4)27(18-32(42)43)34(45)46-30(26)17-25)41-20-31(39-40-41)35(5,21(2)3)37-19-23-11-14-28-24(16-23)9-8-15-36-28;3-2(4,5)1(6)7/h8-9,11-17,20-21,29,37H,6-7,10,18-19H2,1-5H3,(H,38,44)(H,42,43);(H,6,7)/t29-,35-;/m0./s1. The summed E-state index contributed by atoms with van der Waals surface area (Å²) in [6.07, 6.45) is 0.398. The Bertz CT molecular complexity index is 2160. The Hall–Kier alpha value is -5.64. The number of halogens is 3. The van der Waals surface area contributed by atoms with E-state index in [1.165, 1.54) is 0 Å². The quantitative estimate of drug-likeness (QED) is 0.0961. The maximum atomic E-state index is 13.7. The van der Waals surface area contributed by atoms with Crippen molar-refractivity contribution in [1.82, 2.24) is 25.3 Å². The monoisotopic (exact) mass is 738 g/mol. The van der Waals surface area contributed by atoms with Crippen LogP contribution in [0.2, 0.25) is 0 Å². The number of aryl methyl sites for hydroxylation is 1. The number of carbonyl (C=O) groups is 3. The third kappa shape index (κ3) is 9.83.